The lowest BCUT2D eigenvalue weighted by Gasteiger charge is -2.08. The van der Waals surface area contributed by atoms with Crippen molar-refractivity contribution in [1.82, 2.24) is 4.72 Å². The number of hydrogen-bond donors (Lipinski definition) is 1. The minimum Gasteiger partial charge on any atom is -0.496 e. The number of methoxy groups -OCH3 is 1. The van der Waals surface area contributed by atoms with Gasteiger partial charge in [0.15, 0.2) is 0 Å². The first-order valence-corrected chi connectivity index (χ1v) is 8.67. The van der Waals surface area contributed by atoms with Crippen LogP contribution in [0.15, 0.2) is 47.4 Å². The first-order valence-electron chi connectivity index (χ1n) is 6.81. The Bertz CT molecular complexity index is 867. The molecule has 0 amide bonds. The SMILES string of the molecule is COc1ccc(S(=O)(=O)NCC#Cc2cccc(Cl)c2)cc1C. The molecule has 0 heterocycles. The van der Waals surface area contributed by atoms with E-state index in [-0.39, 0.29) is 11.4 Å². The minimum atomic E-state index is -3.60. The van der Waals surface area contributed by atoms with Crippen molar-refractivity contribution in [2.75, 3.05) is 13.7 Å². The van der Waals surface area contributed by atoms with Crippen LogP contribution in [0.2, 0.25) is 5.02 Å². The Morgan fingerprint density at radius 3 is 2.65 bits per heavy atom. The van der Waals surface area contributed by atoms with Crippen LogP contribution >= 0.6 is 11.6 Å². The van der Waals surface area contributed by atoms with Gasteiger partial charge in [-0.05, 0) is 48.9 Å². The lowest BCUT2D eigenvalue weighted by Crippen LogP contribution is -2.24. The largest absolute Gasteiger partial charge is 0.496 e. The van der Waals surface area contributed by atoms with Gasteiger partial charge in [-0.2, -0.15) is 4.72 Å². The number of nitrogens with one attached hydrogen (secondary N) is 1. The summed E-state index contributed by atoms with van der Waals surface area (Å²) in [5.41, 5.74) is 1.48. The summed E-state index contributed by atoms with van der Waals surface area (Å²) in [7, 11) is -2.06. The molecule has 120 valence electrons. The summed E-state index contributed by atoms with van der Waals surface area (Å²) in [5.74, 6) is 6.27. The molecular formula is C17H16ClNO3S. The van der Waals surface area contributed by atoms with Gasteiger partial charge in [0.25, 0.3) is 0 Å². The molecule has 0 saturated carbocycles. The number of aryl methyl sites for hydroxylation is 1. The first kappa shape index (κ1) is 17.4. The number of hydrogen-bond acceptors (Lipinski definition) is 3. The van der Waals surface area contributed by atoms with E-state index in [1.165, 1.54) is 6.07 Å². The highest BCUT2D eigenvalue weighted by Crippen LogP contribution is 2.21. The fraction of sp³-hybridized carbons (Fsp3) is 0.176. The van der Waals surface area contributed by atoms with E-state index in [0.717, 1.165) is 11.1 Å². The van der Waals surface area contributed by atoms with E-state index in [4.69, 9.17) is 16.3 Å². The zero-order valence-electron chi connectivity index (χ0n) is 12.8. The molecule has 4 nitrogen and oxygen atoms in total. The van der Waals surface area contributed by atoms with Crippen molar-refractivity contribution in [2.24, 2.45) is 0 Å². The quantitative estimate of drug-likeness (QED) is 0.863. The maximum atomic E-state index is 12.2. The molecule has 0 atom stereocenters. The smallest absolute Gasteiger partial charge is 0.241 e. The molecule has 0 spiro atoms. The van der Waals surface area contributed by atoms with Gasteiger partial charge in [-0.15, -0.1) is 0 Å². The van der Waals surface area contributed by atoms with Crippen LogP contribution in [0, 0.1) is 18.8 Å². The molecule has 0 radical (unpaired) electrons. The Hall–Kier alpha value is -2.00. The predicted molar refractivity (Wildman–Crippen MR) is 91.2 cm³/mol. The van der Waals surface area contributed by atoms with E-state index in [2.05, 4.69) is 16.6 Å². The Labute approximate surface area is 141 Å². The number of halogens is 1. The van der Waals surface area contributed by atoms with E-state index in [0.29, 0.717) is 10.8 Å². The average Bonchev–Trinajstić information content (AvgIpc) is 2.51. The average molecular weight is 350 g/mol. The van der Waals surface area contributed by atoms with Gasteiger partial charge in [0, 0.05) is 10.6 Å². The topological polar surface area (TPSA) is 55.4 Å². The molecule has 1 N–H and O–H groups in total. The molecule has 2 aromatic carbocycles. The predicted octanol–water partition coefficient (Wildman–Crippen LogP) is 2.99. The van der Waals surface area contributed by atoms with Gasteiger partial charge < -0.3 is 4.74 Å². The first-order chi connectivity index (χ1) is 10.9. The second-order valence-electron chi connectivity index (χ2n) is 4.77. The fourth-order valence-electron chi connectivity index (χ4n) is 1.94. The van der Waals surface area contributed by atoms with Gasteiger partial charge in [0.05, 0.1) is 18.6 Å². The van der Waals surface area contributed by atoms with Gasteiger partial charge in [-0.25, -0.2) is 8.42 Å². The van der Waals surface area contributed by atoms with E-state index >= 15 is 0 Å². The summed E-state index contributed by atoms with van der Waals surface area (Å²) in [6.45, 7) is 1.80. The Morgan fingerprint density at radius 2 is 2.00 bits per heavy atom. The molecule has 2 aromatic rings. The van der Waals surface area contributed by atoms with Gasteiger partial charge >= 0.3 is 0 Å². The van der Waals surface area contributed by atoms with Crippen LogP contribution in [0.3, 0.4) is 0 Å². The molecule has 0 unspecified atom stereocenters. The molecule has 23 heavy (non-hydrogen) atoms. The van der Waals surface area contributed by atoms with Crippen LogP contribution in [-0.2, 0) is 10.0 Å². The van der Waals surface area contributed by atoms with Gasteiger partial charge in [-0.1, -0.05) is 29.5 Å². The van der Waals surface area contributed by atoms with E-state index < -0.39 is 10.0 Å². The van der Waals surface area contributed by atoms with Crippen LogP contribution in [-0.4, -0.2) is 22.1 Å². The highest BCUT2D eigenvalue weighted by molar-refractivity contribution is 7.89. The lowest BCUT2D eigenvalue weighted by atomic mass is 10.2. The molecule has 0 aliphatic rings. The number of ether oxygens (including phenoxy) is 1. The maximum absolute atomic E-state index is 12.2. The van der Waals surface area contributed by atoms with Crippen molar-refractivity contribution in [1.29, 1.82) is 0 Å². The number of sulfonamides is 1. The third-order valence-corrected chi connectivity index (χ3v) is 4.72. The molecule has 0 saturated heterocycles. The lowest BCUT2D eigenvalue weighted by molar-refractivity contribution is 0.411. The van der Waals surface area contributed by atoms with Crippen molar-refractivity contribution in [3.63, 3.8) is 0 Å². The standard InChI is InChI=1S/C17H16ClNO3S/c1-13-11-16(8-9-17(13)22-2)23(20,21)19-10-4-6-14-5-3-7-15(18)12-14/h3,5,7-9,11-12,19H,10H2,1-2H3. The third-order valence-electron chi connectivity index (χ3n) is 3.08. The normalized spacial score (nSPS) is 10.7. The number of benzene rings is 2. The van der Waals surface area contributed by atoms with Crippen molar-refractivity contribution in [3.05, 3.63) is 58.6 Å². The van der Waals surface area contributed by atoms with Crippen molar-refractivity contribution < 1.29 is 13.2 Å². The summed E-state index contributed by atoms with van der Waals surface area (Å²) in [6.07, 6.45) is 0. The van der Waals surface area contributed by atoms with Gasteiger partial charge in [-0.3, -0.25) is 0 Å². The summed E-state index contributed by atoms with van der Waals surface area (Å²) in [6, 6.07) is 11.7. The second-order valence-corrected chi connectivity index (χ2v) is 6.97. The fourth-order valence-corrected chi connectivity index (χ4v) is 3.14. The molecule has 2 rings (SSSR count). The summed E-state index contributed by atoms with van der Waals surface area (Å²) < 4.78 is 32.0. The zero-order valence-corrected chi connectivity index (χ0v) is 14.3. The van der Waals surface area contributed by atoms with Crippen LogP contribution in [0.4, 0.5) is 0 Å². The van der Waals surface area contributed by atoms with Crippen LogP contribution < -0.4 is 9.46 Å². The highest BCUT2D eigenvalue weighted by Gasteiger charge is 2.14. The maximum Gasteiger partial charge on any atom is 0.241 e. The summed E-state index contributed by atoms with van der Waals surface area (Å²) >= 11 is 5.86. The molecule has 0 fully saturated rings. The second kappa shape index (κ2) is 7.51. The molecular weight excluding hydrogens is 334 g/mol. The Kier molecular flexibility index (Phi) is 5.67. The molecule has 0 bridgehead atoms. The minimum absolute atomic E-state index is 0.0138. The van der Waals surface area contributed by atoms with E-state index in [1.54, 1.807) is 50.4 Å². The molecule has 0 aromatic heterocycles. The summed E-state index contributed by atoms with van der Waals surface area (Å²) in [5, 5.41) is 0.589. The molecule has 0 aliphatic heterocycles. The third kappa shape index (κ3) is 4.73. The van der Waals surface area contributed by atoms with Crippen LogP contribution in [0.5, 0.6) is 5.75 Å². The monoisotopic (exact) mass is 349 g/mol. The molecule has 6 heteroatoms. The van der Waals surface area contributed by atoms with Crippen molar-refractivity contribution >= 4 is 21.6 Å². The molecule has 0 aliphatic carbocycles. The van der Waals surface area contributed by atoms with Crippen molar-refractivity contribution in [2.45, 2.75) is 11.8 Å². The highest BCUT2D eigenvalue weighted by atomic mass is 35.5. The van der Waals surface area contributed by atoms with Crippen LogP contribution in [0.25, 0.3) is 0 Å². The van der Waals surface area contributed by atoms with Gasteiger partial charge in [0.2, 0.25) is 10.0 Å². The van der Waals surface area contributed by atoms with Crippen LogP contribution in [0.1, 0.15) is 11.1 Å². The Balaban J connectivity index is 2.06. The zero-order chi connectivity index (χ0) is 16.9. The number of rotatable bonds is 4. The summed E-state index contributed by atoms with van der Waals surface area (Å²) in [4.78, 5) is 0.181. The van der Waals surface area contributed by atoms with Gasteiger partial charge in [0.1, 0.15) is 5.75 Å². The van der Waals surface area contributed by atoms with E-state index in [9.17, 15) is 8.42 Å². The Morgan fingerprint density at radius 1 is 1.22 bits per heavy atom. The van der Waals surface area contributed by atoms with Crippen molar-refractivity contribution in [3.8, 4) is 17.6 Å². The van der Waals surface area contributed by atoms with E-state index in [1.807, 2.05) is 0 Å².